The first-order chi connectivity index (χ1) is 11.5. The van der Waals surface area contributed by atoms with Crippen molar-refractivity contribution in [3.05, 3.63) is 70.0 Å². The van der Waals surface area contributed by atoms with Crippen molar-refractivity contribution in [2.75, 3.05) is 13.1 Å². The molecule has 1 fully saturated rings. The number of aromatic carboxylic acids is 1. The Morgan fingerprint density at radius 1 is 1.21 bits per heavy atom. The quantitative estimate of drug-likeness (QED) is 0.918. The van der Waals surface area contributed by atoms with Crippen molar-refractivity contribution < 1.29 is 19.1 Å². The predicted molar refractivity (Wildman–Crippen MR) is 88.1 cm³/mol. The van der Waals surface area contributed by atoms with E-state index in [1.54, 1.807) is 11.0 Å². The Kier molecular flexibility index (Phi) is 4.53. The first-order valence-corrected chi connectivity index (χ1v) is 7.91. The normalized spacial score (nSPS) is 17.1. The van der Waals surface area contributed by atoms with Crippen molar-refractivity contribution >= 4 is 23.5 Å². The van der Waals surface area contributed by atoms with Crippen LogP contribution in [0.4, 0.5) is 4.39 Å². The number of carboxylic acid groups (broad SMARTS) is 1. The number of carbonyl (C=O) groups excluding carboxylic acids is 1. The van der Waals surface area contributed by atoms with Crippen LogP contribution in [0.5, 0.6) is 0 Å². The van der Waals surface area contributed by atoms with Crippen molar-refractivity contribution in [3.8, 4) is 0 Å². The molecule has 0 aromatic heterocycles. The second-order valence-corrected chi connectivity index (χ2v) is 6.23. The number of amides is 1. The zero-order valence-corrected chi connectivity index (χ0v) is 13.5. The van der Waals surface area contributed by atoms with E-state index in [2.05, 4.69) is 0 Å². The Balaban J connectivity index is 1.75. The van der Waals surface area contributed by atoms with E-state index >= 15 is 0 Å². The van der Waals surface area contributed by atoms with Gasteiger partial charge >= 0.3 is 5.97 Å². The van der Waals surface area contributed by atoms with Gasteiger partial charge in [0.2, 0.25) is 0 Å². The molecule has 1 unspecified atom stereocenters. The molecule has 1 amide bonds. The number of benzene rings is 2. The fourth-order valence-corrected chi connectivity index (χ4v) is 3.18. The molecular formula is C18H15ClFNO3. The third kappa shape index (κ3) is 3.26. The van der Waals surface area contributed by atoms with Crippen LogP contribution in [0.2, 0.25) is 5.02 Å². The highest BCUT2D eigenvalue weighted by atomic mass is 35.5. The molecule has 3 rings (SSSR count). The Labute approximate surface area is 143 Å². The summed E-state index contributed by atoms with van der Waals surface area (Å²) in [5, 5.41) is 9.50. The molecule has 0 bridgehead atoms. The van der Waals surface area contributed by atoms with E-state index in [9.17, 15) is 14.0 Å². The summed E-state index contributed by atoms with van der Waals surface area (Å²) in [5.41, 5.74) is 0.791. The summed E-state index contributed by atoms with van der Waals surface area (Å²) < 4.78 is 13.8. The lowest BCUT2D eigenvalue weighted by molar-refractivity contribution is 0.0689. The monoisotopic (exact) mass is 347 g/mol. The molecule has 2 aromatic rings. The van der Waals surface area contributed by atoms with Crippen molar-refractivity contribution in [2.24, 2.45) is 0 Å². The van der Waals surface area contributed by atoms with Gasteiger partial charge in [0.15, 0.2) is 0 Å². The van der Waals surface area contributed by atoms with Crippen molar-refractivity contribution in [1.29, 1.82) is 0 Å². The third-order valence-electron chi connectivity index (χ3n) is 4.24. The van der Waals surface area contributed by atoms with Gasteiger partial charge in [-0.2, -0.15) is 0 Å². The summed E-state index contributed by atoms with van der Waals surface area (Å²) in [5.74, 6) is -2.36. The molecule has 124 valence electrons. The minimum absolute atomic E-state index is 0.157. The third-order valence-corrected chi connectivity index (χ3v) is 4.48. The Morgan fingerprint density at radius 2 is 2.00 bits per heavy atom. The van der Waals surface area contributed by atoms with Crippen LogP contribution in [-0.2, 0) is 0 Å². The van der Waals surface area contributed by atoms with Crippen LogP contribution >= 0.6 is 11.6 Å². The first-order valence-electron chi connectivity index (χ1n) is 7.53. The van der Waals surface area contributed by atoms with Gasteiger partial charge in [-0.3, -0.25) is 4.79 Å². The molecule has 24 heavy (non-hydrogen) atoms. The van der Waals surface area contributed by atoms with E-state index in [0.717, 1.165) is 24.1 Å². The highest BCUT2D eigenvalue weighted by Gasteiger charge is 2.28. The van der Waals surface area contributed by atoms with Gasteiger partial charge < -0.3 is 10.0 Å². The molecule has 1 saturated heterocycles. The largest absolute Gasteiger partial charge is 0.478 e. The maximum absolute atomic E-state index is 13.8. The summed E-state index contributed by atoms with van der Waals surface area (Å²) in [7, 11) is 0. The van der Waals surface area contributed by atoms with Crippen LogP contribution in [0, 0.1) is 5.82 Å². The number of halogens is 2. The van der Waals surface area contributed by atoms with Gasteiger partial charge in [-0.05, 0) is 42.3 Å². The van der Waals surface area contributed by atoms with Crippen LogP contribution in [0.25, 0.3) is 0 Å². The molecule has 1 aliphatic heterocycles. The second kappa shape index (κ2) is 6.61. The molecule has 0 radical (unpaired) electrons. The lowest BCUT2D eigenvalue weighted by Gasteiger charge is -2.17. The van der Waals surface area contributed by atoms with Crippen LogP contribution in [0.15, 0.2) is 42.5 Å². The van der Waals surface area contributed by atoms with Crippen LogP contribution < -0.4 is 0 Å². The average molecular weight is 348 g/mol. The number of carbonyl (C=O) groups is 2. The molecule has 0 aliphatic carbocycles. The standard InChI is InChI=1S/C18H15ClFNO3/c19-14-3-1-2-11(8-14)13-6-7-21(10-13)17(22)12-4-5-15(18(23)24)16(20)9-12/h1-5,8-9,13H,6-7,10H2,(H,23,24). The van der Waals surface area contributed by atoms with Gasteiger partial charge in [-0.1, -0.05) is 23.7 Å². The number of hydrogen-bond donors (Lipinski definition) is 1. The predicted octanol–water partition coefficient (Wildman–Crippen LogP) is 3.81. The highest BCUT2D eigenvalue weighted by Crippen LogP contribution is 2.29. The number of carboxylic acids is 1. The number of nitrogens with zero attached hydrogens (tertiary/aromatic N) is 1. The zero-order chi connectivity index (χ0) is 17.3. The maximum atomic E-state index is 13.8. The van der Waals surface area contributed by atoms with E-state index in [1.165, 1.54) is 6.07 Å². The minimum atomic E-state index is -1.35. The zero-order valence-electron chi connectivity index (χ0n) is 12.7. The summed E-state index contributed by atoms with van der Waals surface area (Å²) in [6, 6.07) is 11.0. The van der Waals surface area contributed by atoms with E-state index < -0.39 is 17.3 Å². The van der Waals surface area contributed by atoms with Crippen LogP contribution in [-0.4, -0.2) is 35.0 Å². The number of hydrogen-bond acceptors (Lipinski definition) is 2. The van der Waals surface area contributed by atoms with Crippen LogP contribution in [0.1, 0.15) is 38.6 Å². The van der Waals surface area contributed by atoms with E-state index in [0.29, 0.717) is 18.1 Å². The highest BCUT2D eigenvalue weighted by molar-refractivity contribution is 6.30. The molecule has 4 nitrogen and oxygen atoms in total. The molecule has 0 spiro atoms. The van der Waals surface area contributed by atoms with Gasteiger partial charge in [0.25, 0.3) is 5.91 Å². The van der Waals surface area contributed by atoms with Gasteiger partial charge in [-0.25, -0.2) is 9.18 Å². The number of likely N-dealkylation sites (tertiary alicyclic amines) is 1. The first kappa shape index (κ1) is 16.5. The van der Waals surface area contributed by atoms with Crippen molar-refractivity contribution in [1.82, 2.24) is 4.90 Å². The molecule has 1 N–H and O–H groups in total. The average Bonchev–Trinajstić information content (AvgIpc) is 3.03. The SMILES string of the molecule is O=C(O)c1ccc(C(=O)N2CCC(c3cccc(Cl)c3)C2)cc1F. The smallest absolute Gasteiger partial charge is 0.338 e. The summed E-state index contributed by atoms with van der Waals surface area (Å²) in [4.78, 5) is 25.0. The van der Waals surface area contributed by atoms with Crippen LogP contribution in [0.3, 0.4) is 0 Å². The van der Waals surface area contributed by atoms with Crippen molar-refractivity contribution in [3.63, 3.8) is 0 Å². The van der Waals surface area contributed by atoms with E-state index in [4.69, 9.17) is 16.7 Å². The van der Waals surface area contributed by atoms with Crippen molar-refractivity contribution in [2.45, 2.75) is 12.3 Å². The fraction of sp³-hybridized carbons (Fsp3) is 0.222. The second-order valence-electron chi connectivity index (χ2n) is 5.79. The van der Waals surface area contributed by atoms with Gasteiger partial charge in [0.05, 0.1) is 5.56 Å². The van der Waals surface area contributed by atoms with Gasteiger partial charge in [0, 0.05) is 29.6 Å². The molecule has 1 heterocycles. The molecule has 0 saturated carbocycles. The molecule has 1 atom stereocenters. The Hall–Kier alpha value is -2.40. The summed E-state index contributed by atoms with van der Waals surface area (Å²) >= 11 is 6.01. The summed E-state index contributed by atoms with van der Waals surface area (Å²) in [6.07, 6.45) is 0.807. The molecule has 1 aliphatic rings. The lowest BCUT2D eigenvalue weighted by atomic mass is 9.99. The van der Waals surface area contributed by atoms with Gasteiger partial charge in [-0.15, -0.1) is 0 Å². The maximum Gasteiger partial charge on any atom is 0.338 e. The van der Waals surface area contributed by atoms with Gasteiger partial charge in [0.1, 0.15) is 5.82 Å². The van der Waals surface area contributed by atoms with E-state index in [-0.39, 0.29) is 17.4 Å². The molecular weight excluding hydrogens is 333 g/mol. The Bertz CT molecular complexity index is 809. The number of rotatable bonds is 3. The fourth-order valence-electron chi connectivity index (χ4n) is 2.98. The summed E-state index contributed by atoms with van der Waals surface area (Å²) in [6.45, 7) is 1.10. The molecule has 6 heteroatoms. The minimum Gasteiger partial charge on any atom is -0.478 e. The topological polar surface area (TPSA) is 57.6 Å². The Morgan fingerprint density at radius 3 is 2.67 bits per heavy atom. The lowest BCUT2D eigenvalue weighted by Crippen LogP contribution is -2.28. The van der Waals surface area contributed by atoms with E-state index in [1.807, 2.05) is 18.2 Å². The molecule has 2 aromatic carbocycles.